The molecule has 196 valence electrons. The maximum Gasteiger partial charge on any atom is 0.183 e. The minimum absolute atomic E-state index is 0.167. The lowest BCUT2D eigenvalue weighted by Crippen LogP contribution is -2.57. The van der Waals surface area contributed by atoms with E-state index in [1.165, 1.54) is 0 Å². The molecule has 0 unspecified atom stereocenters. The molecule has 3 fully saturated rings. The Morgan fingerprint density at radius 1 is 0.600 bits per heavy atom. The molecule has 0 radical (unpaired) electrons. The number of carbonyl (C=O) groups is 1. The Morgan fingerprint density at radius 2 is 1.02 bits per heavy atom. The normalized spacial score (nSPS) is 28.1. The van der Waals surface area contributed by atoms with Crippen LogP contribution >= 0.6 is 0 Å². The summed E-state index contributed by atoms with van der Waals surface area (Å²) in [6.07, 6.45) is 1.70. The van der Waals surface area contributed by atoms with E-state index in [9.17, 15) is 4.79 Å². The molecule has 2 saturated heterocycles. The van der Waals surface area contributed by atoms with Crippen molar-refractivity contribution in [1.82, 2.24) is 0 Å². The summed E-state index contributed by atoms with van der Waals surface area (Å²) in [4.78, 5) is 14.5. The van der Waals surface area contributed by atoms with Crippen molar-refractivity contribution in [1.29, 1.82) is 0 Å². The van der Waals surface area contributed by atoms with E-state index in [2.05, 4.69) is 104 Å². The summed E-state index contributed by atoms with van der Waals surface area (Å²) >= 11 is 0. The smallest absolute Gasteiger partial charge is 0.183 e. The minimum Gasteiger partial charge on any atom is -0.334 e. The van der Waals surface area contributed by atoms with Gasteiger partial charge in [-0.05, 0) is 53.2 Å². The van der Waals surface area contributed by atoms with Crippen LogP contribution in [0, 0.1) is 5.41 Å². The van der Waals surface area contributed by atoms with Crippen LogP contribution in [0.15, 0.2) is 121 Å². The SMILES string of the molecule is C[C@]12CCC[C@]13O[C@@H](C2=O)C1(O3)C(c2ccccc2)=C(c2ccccc2)C(c2ccccc2)=C1c1ccccc1. The quantitative estimate of drug-likeness (QED) is 0.274. The van der Waals surface area contributed by atoms with Crippen LogP contribution in [0.3, 0.4) is 0 Å². The highest BCUT2D eigenvalue weighted by Crippen LogP contribution is 2.72. The van der Waals surface area contributed by atoms with Crippen LogP contribution in [0.4, 0.5) is 0 Å². The Kier molecular flexibility index (Phi) is 5.04. The van der Waals surface area contributed by atoms with E-state index in [-0.39, 0.29) is 5.78 Å². The van der Waals surface area contributed by atoms with Crippen molar-refractivity contribution in [3.05, 3.63) is 144 Å². The highest BCUT2D eigenvalue weighted by molar-refractivity contribution is 6.32. The number of benzene rings is 4. The number of hydrogen-bond donors (Lipinski definition) is 0. The van der Waals surface area contributed by atoms with E-state index >= 15 is 0 Å². The van der Waals surface area contributed by atoms with Gasteiger partial charge in [0.15, 0.2) is 23.3 Å². The molecule has 3 nitrogen and oxygen atoms in total. The molecule has 2 spiro atoms. The van der Waals surface area contributed by atoms with Gasteiger partial charge in [0.1, 0.15) is 0 Å². The summed E-state index contributed by atoms with van der Waals surface area (Å²) in [5.41, 5.74) is 6.78. The summed E-state index contributed by atoms with van der Waals surface area (Å²) < 4.78 is 14.3. The van der Waals surface area contributed by atoms with Gasteiger partial charge in [0.2, 0.25) is 0 Å². The highest BCUT2D eigenvalue weighted by atomic mass is 16.8. The first kappa shape index (κ1) is 23.8. The first-order valence-electron chi connectivity index (χ1n) is 14.2. The molecule has 4 aromatic rings. The summed E-state index contributed by atoms with van der Waals surface area (Å²) in [5, 5.41) is 0. The summed E-state index contributed by atoms with van der Waals surface area (Å²) in [7, 11) is 0. The standard InChI is InChI=1S/C37H30O3/c1-35-23-14-24-36(35)39-34(33(35)38)37(40-36)31(27-19-10-4-11-20-27)29(25-15-6-2-7-16-25)30(26-17-8-3-9-18-26)32(37)28-21-12-5-13-22-28/h2-13,15-22,34H,14,23-24H2,1H3/t34-,35+,36+/m0/s1. The number of carbonyl (C=O) groups excluding carboxylic acids is 1. The van der Waals surface area contributed by atoms with Crippen molar-refractivity contribution in [3.63, 3.8) is 0 Å². The molecule has 0 aromatic heterocycles. The fraction of sp³-hybridized carbons (Fsp3) is 0.216. The van der Waals surface area contributed by atoms with E-state index in [0.29, 0.717) is 0 Å². The lowest BCUT2D eigenvalue weighted by molar-refractivity contribution is -0.205. The van der Waals surface area contributed by atoms with E-state index in [4.69, 9.17) is 9.47 Å². The zero-order valence-electron chi connectivity index (χ0n) is 22.5. The van der Waals surface area contributed by atoms with Crippen LogP contribution in [-0.2, 0) is 14.3 Å². The van der Waals surface area contributed by atoms with Crippen LogP contribution in [0.2, 0.25) is 0 Å². The third-order valence-electron chi connectivity index (χ3n) is 9.55. The van der Waals surface area contributed by atoms with E-state index in [1.807, 2.05) is 24.3 Å². The maximum absolute atomic E-state index is 14.5. The van der Waals surface area contributed by atoms with Crippen LogP contribution < -0.4 is 0 Å². The summed E-state index contributed by atoms with van der Waals surface area (Å²) in [6.45, 7) is 2.05. The van der Waals surface area contributed by atoms with Crippen molar-refractivity contribution in [3.8, 4) is 0 Å². The maximum atomic E-state index is 14.5. The van der Waals surface area contributed by atoms with Gasteiger partial charge in [-0.25, -0.2) is 0 Å². The molecular weight excluding hydrogens is 492 g/mol. The van der Waals surface area contributed by atoms with Gasteiger partial charge in [0.05, 0.1) is 5.41 Å². The molecule has 2 aliphatic heterocycles. The predicted molar refractivity (Wildman–Crippen MR) is 158 cm³/mol. The summed E-state index contributed by atoms with van der Waals surface area (Å²) in [6, 6.07) is 42.0. The number of hydrogen-bond acceptors (Lipinski definition) is 3. The van der Waals surface area contributed by atoms with Crippen molar-refractivity contribution < 1.29 is 14.3 Å². The molecule has 8 rings (SSSR count). The van der Waals surface area contributed by atoms with Crippen LogP contribution in [0.5, 0.6) is 0 Å². The molecule has 4 aromatic carbocycles. The second kappa shape index (κ2) is 8.47. The largest absolute Gasteiger partial charge is 0.334 e. The van der Waals surface area contributed by atoms with Gasteiger partial charge >= 0.3 is 0 Å². The van der Waals surface area contributed by atoms with Gasteiger partial charge in [0.25, 0.3) is 0 Å². The van der Waals surface area contributed by atoms with E-state index in [1.54, 1.807) is 0 Å². The average Bonchev–Trinajstić information content (AvgIpc) is 3.69. The fourth-order valence-corrected chi connectivity index (χ4v) is 7.77. The second-order valence-corrected chi connectivity index (χ2v) is 11.6. The van der Waals surface area contributed by atoms with E-state index < -0.39 is 22.9 Å². The molecule has 3 atom stereocenters. The molecule has 40 heavy (non-hydrogen) atoms. The lowest BCUT2D eigenvalue weighted by Gasteiger charge is -2.44. The van der Waals surface area contributed by atoms with Crippen molar-refractivity contribution >= 4 is 28.1 Å². The third-order valence-corrected chi connectivity index (χ3v) is 9.55. The lowest BCUT2D eigenvalue weighted by atomic mass is 9.68. The number of ether oxygens (including phenoxy) is 2. The first-order valence-corrected chi connectivity index (χ1v) is 14.2. The highest BCUT2D eigenvalue weighted by Gasteiger charge is 2.80. The Hall–Kier alpha value is -4.05. The molecule has 1 saturated carbocycles. The summed E-state index contributed by atoms with van der Waals surface area (Å²) in [5.74, 6) is -0.761. The number of rotatable bonds is 4. The molecule has 3 heteroatoms. The predicted octanol–water partition coefficient (Wildman–Crippen LogP) is 7.85. The molecule has 0 amide bonds. The average molecular weight is 523 g/mol. The van der Waals surface area contributed by atoms with Gasteiger partial charge in [-0.2, -0.15) is 0 Å². The fourth-order valence-electron chi connectivity index (χ4n) is 7.77. The van der Waals surface area contributed by atoms with E-state index in [0.717, 1.165) is 63.8 Å². The molecule has 2 heterocycles. The van der Waals surface area contributed by atoms with Gasteiger partial charge in [-0.1, -0.05) is 121 Å². The van der Waals surface area contributed by atoms with Crippen molar-refractivity contribution in [2.45, 2.75) is 43.7 Å². The molecule has 0 N–H and O–H groups in total. The monoisotopic (exact) mass is 522 g/mol. The van der Waals surface area contributed by atoms with Crippen molar-refractivity contribution in [2.24, 2.45) is 5.41 Å². The van der Waals surface area contributed by atoms with Crippen LogP contribution in [0.25, 0.3) is 22.3 Å². The zero-order chi connectivity index (χ0) is 27.0. The molecule has 2 aliphatic carbocycles. The Balaban J connectivity index is 1.55. The van der Waals surface area contributed by atoms with Crippen molar-refractivity contribution in [2.75, 3.05) is 0 Å². The molecule has 4 aliphatic rings. The third kappa shape index (κ3) is 2.94. The number of Topliss-reactive ketones (excluding diaryl/α,β-unsaturated/α-hetero) is 1. The zero-order valence-corrected chi connectivity index (χ0v) is 22.5. The van der Waals surface area contributed by atoms with Gasteiger partial charge in [-0.15, -0.1) is 0 Å². The molecule has 2 bridgehead atoms. The topological polar surface area (TPSA) is 35.5 Å². The number of fused-ring (bicyclic) bond motifs is 2. The van der Waals surface area contributed by atoms with Gasteiger partial charge in [-0.3, -0.25) is 4.79 Å². The second-order valence-electron chi connectivity index (χ2n) is 11.6. The Bertz CT molecular complexity index is 1590. The number of ketones is 1. The van der Waals surface area contributed by atoms with Gasteiger partial charge in [0, 0.05) is 17.6 Å². The minimum atomic E-state index is -1.08. The Morgan fingerprint density at radius 3 is 1.48 bits per heavy atom. The molecular formula is C37H30O3. The Labute approximate surface area is 234 Å². The van der Waals surface area contributed by atoms with Crippen LogP contribution in [0.1, 0.15) is 48.4 Å². The first-order chi connectivity index (χ1) is 19.6. The number of allylic oxidation sites excluding steroid dienone is 2. The van der Waals surface area contributed by atoms with Crippen LogP contribution in [-0.4, -0.2) is 23.3 Å². The van der Waals surface area contributed by atoms with Gasteiger partial charge < -0.3 is 9.47 Å².